The van der Waals surface area contributed by atoms with E-state index in [0.717, 1.165) is 23.1 Å². The van der Waals surface area contributed by atoms with E-state index in [1.54, 1.807) is 11.8 Å². The number of nitrogens with zero attached hydrogens (tertiary/aromatic N) is 3. The van der Waals surface area contributed by atoms with Gasteiger partial charge >= 0.3 is 0 Å². The van der Waals surface area contributed by atoms with Crippen LogP contribution in [0.4, 0.5) is 0 Å². The molecule has 3 rings (SSSR count). The van der Waals surface area contributed by atoms with Crippen LogP contribution in [0.2, 0.25) is 0 Å². The summed E-state index contributed by atoms with van der Waals surface area (Å²) in [6, 6.07) is 20.6. The zero-order valence-electron chi connectivity index (χ0n) is 11.2. The van der Waals surface area contributed by atoms with Crippen LogP contribution < -0.4 is 0 Å². The van der Waals surface area contributed by atoms with E-state index in [1.807, 2.05) is 42.7 Å². The van der Waals surface area contributed by atoms with Gasteiger partial charge in [0.05, 0.1) is 0 Å². The molecule has 0 amide bonds. The molecular weight excluding hydrogens is 266 g/mol. The monoisotopic (exact) mass is 281 g/mol. The van der Waals surface area contributed by atoms with Crippen LogP contribution in [0, 0.1) is 0 Å². The maximum Gasteiger partial charge on any atom is 0.195 e. The van der Waals surface area contributed by atoms with Crippen molar-refractivity contribution in [3.63, 3.8) is 0 Å². The van der Waals surface area contributed by atoms with E-state index in [0.29, 0.717) is 0 Å². The molecule has 0 aliphatic carbocycles. The van der Waals surface area contributed by atoms with Crippen molar-refractivity contribution in [2.24, 2.45) is 0 Å². The molecule has 0 unspecified atom stereocenters. The van der Waals surface area contributed by atoms with Crippen molar-refractivity contribution in [3.8, 4) is 5.69 Å². The molecule has 3 nitrogen and oxygen atoms in total. The lowest BCUT2D eigenvalue weighted by Crippen LogP contribution is -2.03. The Labute approximate surface area is 122 Å². The summed E-state index contributed by atoms with van der Waals surface area (Å²) in [7, 11) is 0. The van der Waals surface area contributed by atoms with Gasteiger partial charge in [-0.15, -0.1) is 10.2 Å². The van der Waals surface area contributed by atoms with E-state index in [9.17, 15) is 0 Å². The number of hydrogen-bond acceptors (Lipinski definition) is 3. The molecule has 1 heterocycles. The van der Waals surface area contributed by atoms with Crippen molar-refractivity contribution < 1.29 is 0 Å². The molecule has 0 atom stereocenters. The zero-order chi connectivity index (χ0) is 13.8. The van der Waals surface area contributed by atoms with Crippen LogP contribution in [0.15, 0.2) is 65.8 Å². The normalized spacial score (nSPS) is 10.7. The summed E-state index contributed by atoms with van der Waals surface area (Å²) in [6.45, 7) is 0. The van der Waals surface area contributed by atoms with Crippen molar-refractivity contribution >= 4 is 11.8 Å². The van der Waals surface area contributed by atoms with Crippen molar-refractivity contribution in [2.45, 2.75) is 11.6 Å². The van der Waals surface area contributed by atoms with Crippen molar-refractivity contribution in [3.05, 3.63) is 72.1 Å². The minimum atomic E-state index is 0.781. The highest BCUT2D eigenvalue weighted by Gasteiger charge is 2.13. The molecule has 0 spiro atoms. The largest absolute Gasteiger partial charge is 0.274 e. The van der Waals surface area contributed by atoms with Gasteiger partial charge in [-0.3, -0.25) is 4.57 Å². The first-order valence-electron chi connectivity index (χ1n) is 6.46. The molecule has 3 aromatic rings. The van der Waals surface area contributed by atoms with Gasteiger partial charge in [0.2, 0.25) is 0 Å². The summed E-state index contributed by atoms with van der Waals surface area (Å²) >= 11 is 1.61. The summed E-state index contributed by atoms with van der Waals surface area (Å²) in [4.78, 5) is 0. The Hall–Kier alpha value is -2.07. The molecule has 1 aromatic heterocycles. The Bertz CT molecular complexity index is 677. The lowest BCUT2D eigenvalue weighted by Gasteiger charge is -2.09. The van der Waals surface area contributed by atoms with Gasteiger partial charge in [0.25, 0.3) is 0 Å². The Morgan fingerprint density at radius 1 is 0.900 bits per heavy atom. The highest BCUT2D eigenvalue weighted by Crippen LogP contribution is 2.21. The van der Waals surface area contributed by atoms with Gasteiger partial charge in [-0.05, 0) is 24.0 Å². The van der Waals surface area contributed by atoms with Crippen LogP contribution in [0.3, 0.4) is 0 Å². The highest BCUT2D eigenvalue weighted by atomic mass is 32.2. The van der Waals surface area contributed by atoms with Crippen LogP contribution in [0.5, 0.6) is 0 Å². The fourth-order valence-electron chi connectivity index (χ4n) is 2.16. The van der Waals surface area contributed by atoms with E-state index in [1.165, 1.54) is 5.56 Å². The van der Waals surface area contributed by atoms with Crippen LogP contribution in [-0.2, 0) is 6.42 Å². The predicted molar refractivity (Wildman–Crippen MR) is 82.4 cm³/mol. The first-order chi connectivity index (χ1) is 9.88. The number of para-hydroxylation sites is 1. The SMILES string of the molecule is CSc1nnc(Cc2ccccc2)n1-c1ccccc1. The molecule has 0 radical (unpaired) electrons. The van der Waals surface area contributed by atoms with Crippen molar-refractivity contribution in [1.29, 1.82) is 0 Å². The van der Waals surface area contributed by atoms with E-state index < -0.39 is 0 Å². The smallest absolute Gasteiger partial charge is 0.195 e. The third-order valence-corrected chi connectivity index (χ3v) is 3.73. The van der Waals surface area contributed by atoms with Crippen molar-refractivity contribution in [2.75, 3.05) is 6.26 Å². The minimum Gasteiger partial charge on any atom is -0.274 e. The fraction of sp³-hybridized carbons (Fsp3) is 0.125. The van der Waals surface area contributed by atoms with E-state index in [2.05, 4.69) is 39.0 Å². The standard InChI is InChI=1S/C16H15N3S/c1-20-16-18-17-15(12-13-8-4-2-5-9-13)19(16)14-10-6-3-7-11-14/h2-11H,12H2,1H3. The zero-order valence-corrected chi connectivity index (χ0v) is 12.0. The molecule has 0 saturated carbocycles. The Kier molecular flexibility index (Phi) is 3.83. The molecule has 2 aromatic carbocycles. The van der Waals surface area contributed by atoms with Gasteiger partial charge in [-0.1, -0.05) is 60.3 Å². The molecule has 0 saturated heterocycles. The molecule has 0 aliphatic heterocycles. The molecule has 4 heteroatoms. The van der Waals surface area contributed by atoms with Crippen LogP contribution in [-0.4, -0.2) is 21.0 Å². The molecule has 100 valence electrons. The van der Waals surface area contributed by atoms with E-state index >= 15 is 0 Å². The van der Waals surface area contributed by atoms with E-state index in [-0.39, 0.29) is 0 Å². The summed E-state index contributed by atoms with van der Waals surface area (Å²) in [5.41, 5.74) is 2.34. The van der Waals surface area contributed by atoms with Crippen molar-refractivity contribution in [1.82, 2.24) is 14.8 Å². The summed E-state index contributed by atoms with van der Waals surface area (Å²) in [5.74, 6) is 0.965. The molecule has 0 fully saturated rings. The van der Waals surface area contributed by atoms with Gasteiger partial charge in [0.1, 0.15) is 5.82 Å². The predicted octanol–water partition coefficient (Wildman–Crippen LogP) is 3.58. The molecule has 20 heavy (non-hydrogen) atoms. The lowest BCUT2D eigenvalue weighted by molar-refractivity contribution is 0.849. The molecule has 0 N–H and O–H groups in total. The third-order valence-electron chi connectivity index (χ3n) is 3.10. The van der Waals surface area contributed by atoms with Crippen LogP contribution in [0.25, 0.3) is 5.69 Å². The quantitative estimate of drug-likeness (QED) is 0.685. The van der Waals surface area contributed by atoms with Crippen LogP contribution >= 0.6 is 11.8 Å². The topological polar surface area (TPSA) is 30.7 Å². The van der Waals surface area contributed by atoms with Gasteiger partial charge < -0.3 is 0 Å². The van der Waals surface area contributed by atoms with Gasteiger partial charge in [0.15, 0.2) is 5.16 Å². The number of rotatable bonds is 4. The fourth-order valence-corrected chi connectivity index (χ4v) is 2.68. The number of hydrogen-bond donors (Lipinski definition) is 0. The van der Waals surface area contributed by atoms with Gasteiger partial charge in [0, 0.05) is 12.1 Å². The molecule has 0 bridgehead atoms. The minimum absolute atomic E-state index is 0.781. The highest BCUT2D eigenvalue weighted by molar-refractivity contribution is 7.98. The maximum absolute atomic E-state index is 4.35. The first-order valence-corrected chi connectivity index (χ1v) is 7.68. The second-order valence-corrected chi connectivity index (χ2v) is 5.21. The lowest BCUT2D eigenvalue weighted by atomic mass is 10.1. The molecule has 0 aliphatic rings. The summed E-state index contributed by atoms with van der Waals surface area (Å²) in [5, 5.41) is 9.55. The molecular formula is C16H15N3S. The second-order valence-electron chi connectivity index (χ2n) is 4.44. The average Bonchev–Trinajstić information content (AvgIpc) is 2.92. The number of benzene rings is 2. The first kappa shape index (κ1) is 12.9. The number of aromatic nitrogens is 3. The maximum atomic E-state index is 4.35. The Balaban J connectivity index is 2.02. The summed E-state index contributed by atoms with van der Waals surface area (Å²) < 4.78 is 2.12. The summed E-state index contributed by atoms with van der Waals surface area (Å²) in [6.07, 6.45) is 2.80. The van der Waals surface area contributed by atoms with Crippen LogP contribution in [0.1, 0.15) is 11.4 Å². The number of thioether (sulfide) groups is 1. The second kappa shape index (κ2) is 5.92. The van der Waals surface area contributed by atoms with E-state index in [4.69, 9.17) is 0 Å². The van der Waals surface area contributed by atoms with Gasteiger partial charge in [-0.2, -0.15) is 0 Å². The average molecular weight is 281 g/mol. The Morgan fingerprint density at radius 2 is 1.55 bits per heavy atom. The Morgan fingerprint density at radius 3 is 2.20 bits per heavy atom. The van der Waals surface area contributed by atoms with Gasteiger partial charge in [-0.25, -0.2) is 0 Å². The third kappa shape index (κ3) is 2.60.